The molecule has 0 heterocycles. The standard InChI is InChI=1S/C15H32.H2S/c1-3-5-7-9-11-13-15-14-12-10-8-6-4-2;/h3-15H2,1-2H3;1H2. The maximum Gasteiger partial charge on any atom is -0.0533 e. The lowest BCUT2D eigenvalue weighted by Crippen LogP contribution is -1.82. The zero-order valence-corrected chi connectivity index (χ0v) is 12.7. The van der Waals surface area contributed by atoms with Crippen LogP contribution in [-0.2, 0) is 0 Å². The highest BCUT2D eigenvalue weighted by molar-refractivity contribution is 7.59. The van der Waals surface area contributed by atoms with Crippen LogP contribution in [0, 0.1) is 0 Å². The van der Waals surface area contributed by atoms with E-state index in [-0.39, 0.29) is 13.5 Å². The molecule has 0 radical (unpaired) electrons. The van der Waals surface area contributed by atoms with Gasteiger partial charge in [0.1, 0.15) is 0 Å². The Hall–Kier alpha value is 0.350. The Morgan fingerprint density at radius 3 is 0.750 bits per heavy atom. The number of hydrogen-bond acceptors (Lipinski definition) is 0. The van der Waals surface area contributed by atoms with Crippen molar-refractivity contribution in [3.63, 3.8) is 0 Å². The summed E-state index contributed by atoms with van der Waals surface area (Å²) in [4.78, 5) is 0. The molecule has 0 aromatic heterocycles. The van der Waals surface area contributed by atoms with Crippen LogP contribution in [0.15, 0.2) is 0 Å². The van der Waals surface area contributed by atoms with Crippen molar-refractivity contribution in [2.45, 2.75) is 97.3 Å². The molecule has 0 fully saturated rings. The van der Waals surface area contributed by atoms with Crippen molar-refractivity contribution in [2.24, 2.45) is 0 Å². The average Bonchev–Trinajstić information content (AvgIpc) is 2.26. The third-order valence-corrected chi connectivity index (χ3v) is 3.21. The van der Waals surface area contributed by atoms with Crippen LogP contribution in [0.2, 0.25) is 0 Å². The van der Waals surface area contributed by atoms with E-state index in [9.17, 15) is 0 Å². The Labute approximate surface area is 111 Å². The van der Waals surface area contributed by atoms with Gasteiger partial charge >= 0.3 is 0 Å². The highest BCUT2D eigenvalue weighted by atomic mass is 32.1. The topological polar surface area (TPSA) is 0 Å². The van der Waals surface area contributed by atoms with Gasteiger partial charge in [0.15, 0.2) is 0 Å². The van der Waals surface area contributed by atoms with E-state index in [1.165, 1.54) is 83.5 Å². The summed E-state index contributed by atoms with van der Waals surface area (Å²) >= 11 is 0. The Balaban J connectivity index is 0. The first-order valence-corrected chi connectivity index (χ1v) is 7.41. The molecule has 0 aliphatic heterocycles. The molecule has 100 valence electrons. The smallest absolute Gasteiger partial charge is 0.0533 e. The van der Waals surface area contributed by atoms with E-state index < -0.39 is 0 Å². The number of unbranched alkanes of at least 4 members (excludes halogenated alkanes) is 12. The van der Waals surface area contributed by atoms with Crippen LogP contribution in [-0.4, -0.2) is 0 Å². The van der Waals surface area contributed by atoms with Gasteiger partial charge in [-0.2, -0.15) is 13.5 Å². The first-order chi connectivity index (χ1) is 7.41. The largest absolute Gasteiger partial charge is 0.197 e. The average molecular weight is 247 g/mol. The zero-order valence-electron chi connectivity index (χ0n) is 11.7. The first kappa shape index (κ1) is 18.7. The number of rotatable bonds is 12. The van der Waals surface area contributed by atoms with E-state index in [0.29, 0.717) is 0 Å². The molecule has 0 spiro atoms. The minimum absolute atomic E-state index is 0. The molecule has 0 bridgehead atoms. The summed E-state index contributed by atoms with van der Waals surface area (Å²) in [5.74, 6) is 0. The molecule has 16 heavy (non-hydrogen) atoms. The molecule has 0 saturated heterocycles. The van der Waals surface area contributed by atoms with Crippen molar-refractivity contribution >= 4 is 13.5 Å². The van der Waals surface area contributed by atoms with Gasteiger partial charge in [0.05, 0.1) is 0 Å². The highest BCUT2D eigenvalue weighted by Crippen LogP contribution is 2.12. The molecule has 0 aliphatic rings. The lowest BCUT2D eigenvalue weighted by atomic mass is 10.1. The van der Waals surface area contributed by atoms with E-state index >= 15 is 0 Å². The second-order valence-corrected chi connectivity index (χ2v) is 4.89. The van der Waals surface area contributed by atoms with E-state index in [2.05, 4.69) is 13.8 Å². The molecule has 0 rings (SSSR count). The monoisotopic (exact) mass is 246 g/mol. The molecule has 0 aromatic carbocycles. The molecule has 0 N–H and O–H groups in total. The number of hydrogen-bond donors (Lipinski definition) is 0. The van der Waals surface area contributed by atoms with E-state index in [0.717, 1.165) is 0 Å². The maximum atomic E-state index is 2.29. The van der Waals surface area contributed by atoms with E-state index in [1.807, 2.05) is 0 Å². The molecule has 0 saturated carbocycles. The van der Waals surface area contributed by atoms with Crippen LogP contribution < -0.4 is 0 Å². The van der Waals surface area contributed by atoms with Crippen LogP contribution >= 0.6 is 13.5 Å². The Morgan fingerprint density at radius 1 is 0.375 bits per heavy atom. The first-order valence-electron chi connectivity index (χ1n) is 7.41. The van der Waals surface area contributed by atoms with Crippen molar-refractivity contribution in [1.29, 1.82) is 0 Å². The third kappa shape index (κ3) is 16.8. The molecular weight excluding hydrogens is 212 g/mol. The molecule has 0 unspecified atom stereocenters. The van der Waals surface area contributed by atoms with Gasteiger partial charge in [-0.1, -0.05) is 97.3 Å². The minimum atomic E-state index is 0. The molecule has 0 aliphatic carbocycles. The summed E-state index contributed by atoms with van der Waals surface area (Å²) in [6.07, 6.45) is 18.9. The summed E-state index contributed by atoms with van der Waals surface area (Å²) in [6.45, 7) is 4.58. The van der Waals surface area contributed by atoms with Gasteiger partial charge in [-0.3, -0.25) is 0 Å². The summed E-state index contributed by atoms with van der Waals surface area (Å²) in [5.41, 5.74) is 0. The van der Waals surface area contributed by atoms with Gasteiger partial charge in [-0.15, -0.1) is 0 Å². The summed E-state index contributed by atoms with van der Waals surface area (Å²) in [7, 11) is 0. The van der Waals surface area contributed by atoms with Crippen LogP contribution in [0.1, 0.15) is 97.3 Å². The van der Waals surface area contributed by atoms with Crippen molar-refractivity contribution < 1.29 is 0 Å². The third-order valence-electron chi connectivity index (χ3n) is 3.21. The lowest BCUT2D eigenvalue weighted by molar-refractivity contribution is 0.542. The van der Waals surface area contributed by atoms with Gasteiger partial charge in [0, 0.05) is 0 Å². The normalized spacial score (nSPS) is 10.1. The quantitative estimate of drug-likeness (QED) is 0.359. The van der Waals surface area contributed by atoms with Gasteiger partial charge in [-0.25, -0.2) is 0 Å². The fourth-order valence-corrected chi connectivity index (χ4v) is 2.09. The fourth-order valence-electron chi connectivity index (χ4n) is 2.09. The molecule has 0 aromatic rings. The van der Waals surface area contributed by atoms with Crippen molar-refractivity contribution in [2.75, 3.05) is 0 Å². The second-order valence-electron chi connectivity index (χ2n) is 4.89. The minimum Gasteiger partial charge on any atom is -0.197 e. The Morgan fingerprint density at radius 2 is 0.562 bits per heavy atom. The highest BCUT2D eigenvalue weighted by Gasteiger charge is 1.92. The van der Waals surface area contributed by atoms with Crippen LogP contribution in [0.4, 0.5) is 0 Å². The Bertz CT molecular complexity index is 89.6. The SMILES string of the molecule is CCCCCCCCCCCCCCC.S. The van der Waals surface area contributed by atoms with Gasteiger partial charge in [-0.05, 0) is 0 Å². The second kappa shape index (κ2) is 17.7. The van der Waals surface area contributed by atoms with Gasteiger partial charge in [0.25, 0.3) is 0 Å². The molecular formula is C15H34S. The predicted molar refractivity (Wildman–Crippen MR) is 81.8 cm³/mol. The van der Waals surface area contributed by atoms with E-state index in [1.54, 1.807) is 0 Å². The lowest BCUT2D eigenvalue weighted by Gasteiger charge is -2.01. The molecule has 0 atom stereocenters. The summed E-state index contributed by atoms with van der Waals surface area (Å²) in [6, 6.07) is 0. The molecule has 0 nitrogen and oxygen atoms in total. The van der Waals surface area contributed by atoms with Crippen LogP contribution in [0.3, 0.4) is 0 Å². The van der Waals surface area contributed by atoms with Gasteiger partial charge < -0.3 is 0 Å². The maximum absolute atomic E-state index is 2.29. The fraction of sp³-hybridized carbons (Fsp3) is 1.00. The van der Waals surface area contributed by atoms with Crippen molar-refractivity contribution in [3.8, 4) is 0 Å². The predicted octanol–water partition coefficient (Wildman–Crippen LogP) is 6.21. The van der Waals surface area contributed by atoms with Crippen LogP contribution in [0.25, 0.3) is 0 Å². The Kier molecular flexibility index (Phi) is 20.7. The van der Waals surface area contributed by atoms with Crippen molar-refractivity contribution in [1.82, 2.24) is 0 Å². The molecule has 0 amide bonds. The molecule has 1 heteroatoms. The zero-order chi connectivity index (χ0) is 11.2. The van der Waals surface area contributed by atoms with Crippen LogP contribution in [0.5, 0.6) is 0 Å². The van der Waals surface area contributed by atoms with E-state index in [4.69, 9.17) is 0 Å². The summed E-state index contributed by atoms with van der Waals surface area (Å²) < 4.78 is 0. The van der Waals surface area contributed by atoms with Crippen molar-refractivity contribution in [3.05, 3.63) is 0 Å². The summed E-state index contributed by atoms with van der Waals surface area (Å²) in [5, 5.41) is 0. The van der Waals surface area contributed by atoms with Gasteiger partial charge in [0.2, 0.25) is 0 Å².